The van der Waals surface area contributed by atoms with Crippen LogP contribution in [0.4, 0.5) is 0 Å². The molecule has 0 radical (unpaired) electrons. The van der Waals surface area contributed by atoms with Gasteiger partial charge < -0.3 is 20.3 Å². The second-order valence-electron chi connectivity index (χ2n) is 27.4. The Morgan fingerprint density at radius 3 is 0.886 bits per heavy atom. The summed E-state index contributed by atoms with van der Waals surface area (Å²) in [6, 6.07) is -0.628. The van der Waals surface area contributed by atoms with Gasteiger partial charge in [-0.1, -0.05) is 383 Å². The summed E-state index contributed by atoms with van der Waals surface area (Å²) in [5.41, 5.74) is 0. The number of allylic oxidation sites excluding steroid dienone is 7. The average Bonchev–Trinajstić information content (AvgIpc) is 3.53. The summed E-state index contributed by atoms with van der Waals surface area (Å²) in [4.78, 5) is 24.6. The van der Waals surface area contributed by atoms with Crippen molar-refractivity contribution in [3.05, 3.63) is 48.6 Å². The van der Waals surface area contributed by atoms with E-state index < -0.39 is 12.1 Å². The molecule has 88 heavy (non-hydrogen) atoms. The molecule has 0 aromatic rings. The molecule has 6 nitrogen and oxygen atoms in total. The number of aliphatic hydroxyl groups is 2. The van der Waals surface area contributed by atoms with Crippen LogP contribution < -0.4 is 5.32 Å². The molecular formula is C82H155NO5. The molecule has 518 valence electrons. The number of rotatable bonds is 75. The zero-order valence-corrected chi connectivity index (χ0v) is 59.5. The van der Waals surface area contributed by atoms with E-state index in [4.69, 9.17) is 4.74 Å². The van der Waals surface area contributed by atoms with Gasteiger partial charge in [-0.15, -0.1) is 0 Å². The van der Waals surface area contributed by atoms with Crippen molar-refractivity contribution in [3.63, 3.8) is 0 Å². The number of carbonyl (C=O) groups is 2. The van der Waals surface area contributed by atoms with Crippen LogP contribution in [0.5, 0.6) is 0 Å². The van der Waals surface area contributed by atoms with Crippen molar-refractivity contribution in [2.24, 2.45) is 0 Å². The molecule has 2 unspecified atom stereocenters. The Morgan fingerprint density at radius 2 is 0.568 bits per heavy atom. The predicted octanol–water partition coefficient (Wildman–Crippen LogP) is 26.4. The maximum absolute atomic E-state index is 12.6. The van der Waals surface area contributed by atoms with Crippen LogP contribution in [0.2, 0.25) is 0 Å². The summed E-state index contributed by atoms with van der Waals surface area (Å²) in [5, 5.41) is 23.3. The second-order valence-corrected chi connectivity index (χ2v) is 27.4. The first-order valence-electron chi connectivity index (χ1n) is 39.9. The third kappa shape index (κ3) is 72.9. The van der Waals surface area contributed by atoms with Crippen LogP contribution in [0.1, 0.15) is 438 Å². The van der Waals surface area contributed by atoms with Gasteiger partial charge in [-0.2, -0.15) is 0 Å². The molecule has 0 heterocycles. The molecule has 0 aliphatic heterocycles. The third-order valence-electron chi connectivity index (χ3n) is 18.6. The molecule has 0 bridgehead atoms. The van der Waals surface area contributed by atoms with Gasteiger partial charge in [0, 0.05) is 12.8 Å². The molecule has 0 rings (SSSR count). The fourth-order valence-electron chi connectivity index (χ4n) is 12.5. The maximum atomic E-state index is 12.6. The maximum Gasteiger partial charge on any atom is 0.305 e. The Bertz CT molecular complexity index is 1470. The van der Waals surface area contributed by atoms with Gasteiger partial charge in [0.25, 0.3) is 0 Å². The van der Waals surface area contributed by atoms with Gasteiger partial charge in [0.05, 0.1) is 25.4 Å². The number of ether oxygens (including phenoxy) is 1. The van der Waals surface area contributed by atoms with Crippen LogP contribution in [0, 0.1) is 0 Å². The molecule has 2 atom stereocenters. The van der Waals surface area contributed by atoms with Crippen molar-refractivity contribution in [3.8, 4) is 0 Å². The highest BCUT2D eigenvalue weighted by Crippen LogP contribution is 2.19. The Labute approximate surface area is 550 Å². The monoisotopic (exact) mass is 1230 g/mol. The van der Waals surface area contributed by atoms with E-state index in [1.54, 1.807) is 6.08 Å². The number of amides is 1. The van der Waals surface area contributed by atoms with Gasteiger partial charge in [-0.3, -0.25) is 9.59 Å². The van der Waals surface area contributed by atoms with Gasteiger partial charge in [0.1, 0.15) is 0 Å². The van der Waals surface area contributed by atoms with Crippen LogP contribution in [0.3, 0.4) is 0 Å². The van der Waals surface area contributed by atoms with Gasteiger partial charge in [0.15, 0.2) is 0 Å². The van der Waals surface area contributed by atoms with Gasteiger partial charge in [0.2, 0.25) is 5.91 Å². The van der Waals surface area contributed by atoms with Crippen LogP contribution in [-0.4, -0.2) is 47.4 Å². The van der Waals surface area contributed by atoms with E-state index in [-0.39, 0.29) is 18.5 Å². The van der Waals surface area contributed by atoms with E-state index >= 15 is 0 Å². The van der Waals surface area contributed by atoms with E-state index in [0.717, 1.165) is 51.4 Å². The largest absolute Gasteiger partial charge is 0.466 e. The zero-order chi connectivity index (χ0) is 63.5. The number of carbonyl (C=O) groups excluding carboxylic acids is 2. The fourth-order valence-corrected chi connectivity index (χ4v) is 12.5. The van der Waals surface area contributed by atoms with E-state index in [1.807, 2.05) is 6.08 Å². The molecule has 0 aliphatic rings. The molecule has 0 fully saturated rings. The molecular weight excluding hydrogens is 1080 g/mol. The average molecular weight is 1240 g/mol. The lowest BCUT2D eigenvalue weighted by Gasteiger charge is -2.20. The minimum atomic E-state index is -0.845. The lowest BCUT2D eigenvalue weighted by atomic mass is 10.0. The minimum absolute atomic E-state index is 0.00765. The predicted molar refractivity (Wildman–Crippen MR) is 389 cm³/mol. The number of hydrogen-bond donors (Lipinski definition) is 3. The molecule has 0 aliphatic carbocycles. The summed E-state index contributed by atoms with van der Waals surface area (Å²) < 4.78 is 5.48. The molecule has 3 N–H and O–H groups in total. The number of aliphatic hydroxyl groups excluding tert-OH is 2. The summed E-state index contributed by atoms with van der Waals surface area (Å²) in [5.74, 6) is -0.0535. The zero-order valence-electron chi connectivity index (χ0n) is 59.5. The molecule has 6 heteroatoms. The fraction of sp³-hybridized carbons (Fsp3) is 0.878. The van der Waals surface area contributed by atoms with Crippen molar-refractivity contribution in [1.29, 1.82) is 0 Å². The van der Waals surface area contributed by atoms with Crippen LogP contribution in [0.15, 0.2) is 48.6 Å². The van der Waals surface area contributed by atoms with Crippen LogP contribution >= 0.6 is 0 Å². The first kappa shape index (κ1) is 85.8. The molecule has 0 saturated heterocycles. The topological polar surface area (TPSA) is 95.9 Å². The van der Waals surface area contributed by atoms with Gasteiger partial charge in [-0.05, 0) is 89.9 Å². The van der Waals surface area contributed by atoms with E-state index in [2.05, 4.69) is 55.6 Å². The summed E-state index contributed by atoms with van der Waals surface area (Å²) in [6.07, 6.45) is 102. The lowest BCUT2D eigenvalue weighted by Crippen LogP contribution is -2.45. The summed E-state index contributed by atoms with van der Waals surface area (Å²) >= 11 is 0. The third-order valence-corrected chi connectivity index (χ3v) is 18.6. The van der Waals surface area contributed by atoms with Crippen molar-refractivity contribution in [1.82, 2.24) is 5.32 Å². The quantitative estimate of drug-likeness (QED) is 0.0320. The number of nitrogens with one attached hydrogen (secondary N) is 1. The van der Waals surface area contributed by atoms with Gasteiger partial charge in [-0.25, -0.2) is 0 Å². The SMILES string of the molecule is CCCCCC/C=C\CCCCCCCC(=O)OCCCCCCCCCCCCC/C=C\C/C=C\CCCCCCCCCCCCCCCCCCCC(=O)NC(CO)C(O)/C=C/CCCCCCCCCCCCCCCCCCCCCCC. The highest BCUT2D eigenvalue weighted by atomic mass is 16.5. The lowest BCUT2D eigenvalue weighted by molar-refractivity contribution is -0.143. The Kier molecular flexibility index (Phi) is 75.4. The highest BCUT2D eigenvalue weighted by molar-refractivity contribution is 5.76. The standard InChI is InChI=1S/C82H155NO5/c1-3-5-7-9-11-13-15-17-18-19-20-21-35-38-41-44-47-51-54-58-62-66-70-74-80(85)79(78-84)83-81(86)75-71-67-63-59-55-52-48-45-42-39-36-33-31-29-27-25-23-22-24-26-28-30-32-34-37-40-43-46-49-53-57-61-65-69-73-77-88-82(87)76-72-68-64-60-56-50-16-14-12-10-8-6-4-2/h14,16,24,26,30,32,70,74,79-80,84-85H,3-13,15,17-23,25,27-29,31,33-69,71-73,75-78H2,1-2H3,(H,83,86)/b16-14-,26-24-,32-30-,74-70+. The molecule has 0 aromatic heterocycles. The Balaban J connectivity index is 3.40. The van der Waals surface area contributed by atoms with E-state index in [0.29, 0.717) is 19.4 Å². The molecule has 0 spiro atoms. The van der Waals surface area contributed by atoms with Crippen molar-refractivity contribution < 1.29 is 24.5 Å². The molecule has 1 amide bonds. The van der Waals surface area contributed by atoms with Gasteiger partial charge >= 0.3 is 5.97 Å². The van der Waals surface area contributed by atoms with Crippen molar-refractivity contribution in [2.45, 2.75) is 450 Å². The number of esters is 1. The van der Waals surface area contributed by atoms with Crippen LogP contribution in [-0.2, 0) is 14.3 Å². The van der Waals surface area contributed by atoms with E-state index in [9.17, 15) is 19.8 Å². The molecule has 0 aromatic carbocycles. The minimum Gasteiger partial charge on any atom is -0.466 e. The molecule has 0 saturated carbocycles. The normalized spacial score (nSPS) is 12.7. The first-order chi connectivity index (χ1) is 43.5. The number of hydrogen-bond acceptors (Lipinski definition) is 5. The summed E-state index contributed by atoms with van der Waals surface area (Å²) in [6.45, 7) is 4.93. The first-order valence-corrected chi connectivity index (χ1v) is 39.9. The van der Waals surface area contributed by atoms with Crippen molar-refractivity contribution >= 4 is 11.9 Å². The highest BCUT2D eigenvalue weighted by Gasteiger charge is 2.18. The summed E-state index contributed by atoms with van der Waals surface area (Å²) in [7, 11) is 0. The van der Waals surface area contributed by atoms with Crippen molar-refractivity contribution in [2.75, 3.05) is 13.2 Å². The van der Waals surface area contributed by atoms with Crippen LogP contribution in [0.25, 0.3) is 0 Å². The second kappa shape index (κ2) is 77.3. The van der Waals surface area contributed by atoms with E-state index in [1.165, 1.54) is 360 Å². The smallest absolute Gasteiger partial charge is 0.305 e. The number of unbranched alkanes of at least 4 members (excludes halogenated alkanes) is 58. The Hall–Kier alpha value is -2.18. The Morgan fingerprint density at radius 1 is 0.318 bits per heavy atom.